The van der Waals surface area contributed by atoms with Gasteiger partial charge >= 0.3 is 5.97 Å². The molecule has 2 unspecified atom stereocenters. The Morgan fingerprint density at radius 1 is 1.41 bits per heavy atom. The van der Waals surface area contributed by atoms with E-state index < -0.39 is 5.97 Å². The Balaban J connectivity index is 2.99. The summed E-state index contributed by atoms with van der Waals surface area (Å²) in [6.07, 6.45) is 4.38. The van der Waals surface area contributed by atoms with E-state index in [2.05, 4.69) is 18.7 Å². The quantitative estimate of drug-likeness (QED) is 0.776. The second-order valence-corrected chi connectivity index (χ2v) is 4.82. The van der Waals surface area contributed by atoms with Crippen LogP contribution in [0.25, 0.3) is 0 Å². The first-order valence-electron chi connectivity index (χ1n) is 6.60. The fourth-order valence-corrected chi connectivity index (χ4v) is 3.32. The Bertz CT molecular complexity index is 244. The van der Waals surface area contributed by atoms with Gasteiger partial charge in [-0.2, -0.15) is 0 Å². The number of aliphatic carboxylic acids is 1. The van der Waals surface area contributed by atoms with Gasteiger partial charge in [0.1, 0.15) is 0 Å². The maximum Gasteiger partial charge on any atom is 0.305 e. The molecule has 2 atom stereocenters. The summed E-state index contributed by atoms with van der Waals surface area (Å²) in [7, 11) is 1.70. The molecule has 1 N–H and O–H groups in total. The highest BCUT2D eigenvalue weighted by atomic mass is 16.5. The number of hydrogen-bond donors (Lipinski definition) is 1. The van der Waals surface area contributed by atoms with Crippen molar-refractivity contribution in [1.82, 2.24) is 4.90 Å². The minimum absolute atomic E-state index is 0.0484. The van der Waals surface area contributed by atoms with Gasteiger partial charge < -0.3 is 9.84 Å². The summed E-state index contributed by atoms with van der Waals surface area (Å²) >= 11 is 0. The lowest BCUT2D eigenvalue weighted by molar-refractivity contribution is -0.147. The lowest BCUT2D eigenvalue weighted by Crippen LogP contribution is -2.59. The van der Waals surface area contributed by atoms with E-state index in [0.717, 1.165) is 38.8 Å². The minimum Gasteiger partial charge on any atom is -0.481 e. The molecule has 0 aromatic heterocycles. The average Bonchev–Trinajstić information content (AvgIpc) is 2.30. The molecule has 0 spiro atoms. The normalized spacial score (nSPS) is 29.5. The molecule has 0 amide bonds. The lowest BCUT2D eigenvalue weighted by Gasteiger charge is -2.49. The molecule has 1 saturated carbocycles. The first-order chi connectivity index (χ1) is 8.10. The molecule has 1 fully saturated rings. The third-order valence-electron chi connectivity index (χ3n) is 4.06. The van der Waals surface area contributed by atoms with E-state index in [9.17, 15) is 9.90 Å². The van der Waals surface area contributed by atoms with E-state index in [0.29, 0.717) is 0 Å². The monoisotopic (exact) mass is 243 g/mol. The number of likely N-dealkylation sites (N-methyl/N-ethyl adjacent to an activating group) is 1. The number of methoxy groups -OCH3 is 1. The third kappa shape index (κ3) is 2.99. The number of carboxylic acid groups (broad SMARTS) is 1. The molecule has 4 heteroatoms. The molecule has 1 aliphatic carbocycles. The SMILES string of the molecule is CCN(CC)C1(CC(=O)O)CCCCC1OC. The van der Waals surface area contributed by atoms with E-state index in [1.165, 1.54) is 0 Å². The zero-order valence-corrected chi connectivity index (χ0v) is 11.2. The number of carboxylic acids is 1. The smallest absolute Gasteiger partial charge is 0.305 e. The highest BCUT2D eigenvalue weighted by Crippen LogP contribution is 2.38. The maximum atomic E-state index is 11.2. The van der Waals surface area contributed by atoms with Gasteiger partial charge in [0, 0.05) is 7.11 Å². The highest BCUT2D eigenvalue weighted by molar-refractivity contribution is 5.68. The van der Waals surface area contributed by atoms with Crippen molar-refractivity contribution in [2.24, 2.45) is 0 Å². The van der Waals surface area contributed by atoms with Crippen LogP contribution in [0.1, 0.15) is 46.0 Å². The maximum absolute atomic E-state index is 11.2. The highest BCUT2D eigenvalue weighted by Gasteiger charge is 2.46. The van der Waals surface area contributed by atoms with Gasteiger partial charge in [-0.05, 0) is 25.9 Å². The van der Waals surface area contributed by atoms with E-state index >= 15 is 0 Å². The molecule has 0 aliphatic heterocycles. The van der Waals surface area contributed by atoms with Gasteiger partial charge in [-0.1, -0.05) is 26.7 Å². The van der Waals surface area contributed by atoms with Crippen molar-refractivity contribution in [3.8, 4) is 0 Å². The minimum atomic E-state index is -0.721. The first-order valence-corrected chi connectivity index (χ1v) is 6.60. The van der Waals surface area contributed by atoms with Crippen LogP contribution in [0.5, 0.6) is 0 Å². The molecule has 0 saturated heterocycles. The second kappa shape index (κ2) is 6.36. The van der Waals surface area contributed by atoms with Crippen molar-refractivity contribution in [2.45, 2.75) is 57.6 Å². The van der Waals surface area contributed by atoms with Crippen molar-refractivity contribution >= 4 is 5.97 Å². The van der Waals surface area contributed by atoms with Crippen LogP contribution >= 0.6 is 0 Å². The van der Waals surface area contributed by atoms with Crippen molar-refractivity contribution in [1.29, 1.82) is 0 Å². The second-order valence-electron chi connectivity index (χ2n) is 4.82. The Kier molecular flexibility index (Phi) is 5.40. The molecule has 100 valence electrons. The Labute approximate surface area is 104 Å². The number of rotatable bonds is 6. The Morgan fingerprint density at radius 3 is 2.53 bits per heavy atom. The molecule has 1 aliphatic rings. The fraction of sp³-hybridized carbons (Fsp3) is 0.923. The van der Waals surface area contributed by atoms with Gasteiger partial charge in [0.2, 0.25) is 0 Å². The van der Waals surface area contributed by atoms with Gasteiger partial charge in [0.25, 0.3) is 0 Å². The van der Waals surface area contributed by atoms with Gasteiger partial charge in [-0.15, -0.1) is 0 Å². The third-order valence-corrected chi connectivity index (χ3v) is 4.06. The van der Waals surface area contributed by atoms with Crippen LogP contribution in [0.15, 0.2) is 0 Å². The number of ether oxygens (including phenoxy) is 1. The zero-order valence-electron chi connectivity index (χ0n) is 11.2. The summed E-state index contributed by atoms with van der Waals surface area (Å²) in [5, 5.41) is 9.20. The van der Waals surface area contributed by atoms with Crippen LogP contribution in [-0.4, -0.2) is 47.8 Å². The van der Waals surface area contributed by atoms with Crippen molar-refractivity contribution < 1.29 is 14.6 Å². The standard InChI is InChI=1S/C13H25NO3/c1-4-14(5-2)13(10-12(15)16)9-7-6-8-11(13)17-3/h11H,4-10H2,1-3H3,(H,15,16). The van der Waals surface area contributed by atoms with Crippen LogP contribution in [0.2, 0.25) is 0 Å². The number of hydrogen-bond acceptors (Lipinski definition) is 3. The molecule has 1 rings (SSSR count). The number of nitrogens with zero attached hydrogens (tertiary/aromatic N) is 1. The van der Waals surface area contributed by atoms with Crippen LogP contribution in [0, 0.1) is 0 Å². The lowest BCUT2D eigenvalue weighted by atomic mass is 9.75. The molecule has 0 bridgehead atoms. The predicted molar refractivity (Wildman–Crippen MR) is 67.2 cm³/mol. The van der Waals surface area contributed by atoms with Crippen molar-refractivity contribution in [2.75, 3.05) is 20.2 Å². The first kappa shape index (κ1) is 14.5. The van der Waals surface area contributed by atoms with Crippen LogP contribution in [-0.2, 0) is 9.53 Å². The molecule has 17 heavy (non-hydrogen) atoms. The molecule has 0 aromatic carbocycles. The summed E-state index contributed by atoms with van der Waals surface area (Å²) < 4.78 is 5.59. The summed E-state index contributed by atoms with van der Waals surface area (Å²) in [5.74, 6) is -0.721. The van der Waals surface area contributed by atoms with E-state index in [1.54, 1.807) is 7.11 Å². The zero-order chi connectivity index (χ0) is 12.9. The molecule has 0 radical (unpaired) electrons. The molecular formula is C13H25NO3. The summed E-state index contributed by atoms with van der Waals surface area (Å²) in [5.41, 5.74) is -0.303. The van der Waals surface area contributed by atoms with Crippen LogP contribution in [0.3, 0.4) is 0 Å². The summed E-state index contributed by atoms with van der Waals surface area (Å²) in [6, 6.07) is 0. The topological polar surface area (TPSA) is 49.8 Å². The van der Waals surface area contributed by atoms with Gasteiger partial charge in [-0.25, -0.2) is 0 Å². The van der Waals surface area contributed by atoms with Crippen molar-refractivity contribution in [3.63, 3.8) is 0 Å². The summed E-state index contributed by atoms with van der Waals surface area (Å²) in [6.45, 7) is 5.94. The van der Waals surface area contributed by atoms with E-state index in [1.807, 2.05) is 0 Å². The molecular weight excluding hydrogens is 218 g/mol. The van der Waals surface area contributed by atoms with Crippen molar-refractivity contribution in [3.05, 3.63) is 0 Å². The van der Waals surface area contributed by atoms with Crippen LogP contribution < -0.4 is 0 Å². The van der Waals surface area contributed by atoms with Gasteiger partial charge in [-0.3, -0.25) is 9.69 Å². The fourth-order valence-electron chi connectivity index (χ4n) is 3.32. The van der Waals surface area contributed by atoms with Gasteiger partial charge in [0.15, 0.2) is 0 Å². The van der Waals surface area contributed by atoms with E-state index in [4.69, 9.17) is 4.74 Å². The van der Waals surface area contributed by atoms with E-state index in [-0.39, 0.29) is 18.1 Å². The molecule has 0 aromatic rings. The summed E-state index contributed by atoms with van der Waals surface area (Å²) in [4.78, 5) is 13.5. The predicted octanol–water partition coefficient (Wildman–Crippen LogP) is 2.13. The Hall–Kier alpha value is -0.610. The largest absolute Gasteiger partial charge is 0.481 e. The number of carbonyl (C=O) groups is 1. The Morgan fingerprint density at radius 2 is 2.06 bits per heavy atom. The average molecular weight is 243 g/mol. The molecule has 4 nitrogen and oxygen atoms in total. The van der Waals surface area contributed by atoms with Crippen LogP contribution in [0.4, 0.5) is 0 Å². The molecule has 0 heterocycles. The van der Waals surface area contributed by atoms with Gasteiger partial charge in [0.05, 0.1) is 18.1 Å².